The molecule has 5 saturated heterocycles. The molecular weight excluding hydrogens is 789 g/mol. The molecule has 14 nitrogen and oxygen atoms in total. The van der Waals surface area contributed by atoms with Gasteiger partial charge in [0.05, 0.1) is 49.3 Å². The average Bonchev–Trinajstić information content (AvgIpc) is 3.56. The van der Waals surface area contributed by atoms with Crippen molar-refractivity contribution in [2.75, 3.05) is 13.7 Å². The standard InChI is InChI=1S/C47H72O14/c1-10-24(2)42-27(5)16-17-46(61-42)22-33-19-32(60-46)15-14-26(4)41(58-38-21-36(53-9)43(30(8)56-38)59-37-20-35(48)40(50)29(7)55-37)25(3)12-11-13-31-23-54-44-39(49)28(6)18-34(45(51)57-33)47(31,44)52/h11-14,18,24-25,27,29-30,32-44,48-50,52H,10,15-17,19-23H2,1-9H3. The first-order chi connectivity index (χ1) is 29.0. The lowest BCUT2D eigenvalue weighted by atomic mass is 9.71. The van der Waals surface area contributed by atoms with Gasteiger partial charge in [-0.15, -0.1) is 0 Å². The van der Waals surface area contributed by atoms with Crippen molar-refractivity contribution < 1.29 is 67.9 Å². The number of aliphatic hydroxyl groups excluding tert-OH is 3. The molecule has 0 saturated carbocycles. The Labute approximate surface area is 361 Å². The second-order valence-corrected chi connectivity index (χ2v) is 19.1. The van der Waals surface area contributed by atoms with Gasteiger partial charge in [0, 0.05) is 45.1 Å². The molecule has 20 unspecified atom stereocenters. The lowest BCUT2D eigenvalue weighted by Crippen LogP contribution is -2.58. The Hall–Kier alpha value is -2.05. The van der Waals surface area contributed by atoms with E-state index in [1.165, 1.54) is 0 Å². The molecule has 0 amide bonds. The number of esters is 1. The zero-order valence-electron chi connectivity index (χ0n) is 37.5. The molecule has 7 aliphatic rings. The van der Waals surface area contributed by atoms with Crippen molar-refractivity contribution in [3.05, 3.63) is 47.1 Å². The molecule has 0 aromatic carbocycles. The quantitative estimate of drug-likeness (QED) is 0.200. The van der Waals surface area contributed by atoms with Crippen molar-refractivity contribution in [2.24, 2.45) is 23.7 Å². The fourth-order valence-corrected chi connectivity index (χ4v) is 10.7. The van der Waals surface area contributed by atoms with Crippen molar-refractivity contribution in [1.82, 2.24) is 0 Å². The minimum atomic E-state index is -1.83. The Morgan fingerprint density at radius 1 is 0.951 bits per heavy atom. The van der Waals surface area contributed by atoms with Crippen LogP contribution in [0, 0.1) is 23.7 Å². The van der Waals surface area contributed by atoms with E-state index in [1.54, 1.807) is 33.1 Å². The lowest BCUT2D eigenvalue weighted by Gasteiger charge is -2.51. The number of carbonyl (C=O) groups excluding carboxylic acids is 1. The molecule has 0 aromatic rings. The average molecular weight is 861 g/mol. The topological polar surface area (TPSA) is 181 Å². The maximum Gasteiger partial charge on any atom is 0.316 e. The van der Waals surface area contributed by atoms with E-state index in [2.05, 4.69) is 33.8 Å². The van der Waals surface area contributed by atoms with Gasteiger partial charge in [-0.05, 0) is 69.1 Å². The van der Waals surface area contributed by atoms with Gasteiger partial charge < -0.3 is 63.1 Å². The van der Waals surface area contributed by atoms with Crippen LogP contribution in [0.3, 0.4) is 0 Å². The summed E-state index contributed by atoms with van der Waals surface area (Å²) in [6.45, 7) is 16.1. The summed E-state index contributed by atoms with van der Waals surface area (Å²) in [5, 5.41) is 44.3. The summed E-state index contributed by atoms with van der Waals surface area (Å²) in [4.78, 5) is 14.3. The van der Waals surface area contributed by atoms with Gasteiger partial charge in [0.15, 0.2) is 18.4 Å². The normalized spacial score (nSPS) is 47.8. The molecule has 344 valence electrons. The van der Waals surface area contributed by atoms with Crippen LogP contribution in [0.2, 0.25) is 0 Å². The highest BCUT2D eigenvalue weighted by Gasteiger charge is 2.60. The van der Waals surface area contributed by atoms with Gasteiger partial charge in [-0.25, -0.2) is 0 Å². The Bertz CT molecular complexity index is 1650. The van der Waals surface area contributed by atoms with Crippen LogP contribution in [0.1, 0.15) is 107 Å². The van der Waals surface area contributed by atoms with Gasteiger partial charge in [0.1, 0.15) is 42.0 Å². The third-order valence-electron chi connectivity index (χ3n) is 14.7. The van der Waals surface area contributed by atoms with E-state index >= 15 is 0 Å². The number of hydrogen-bond acceptors (Lipinski definition) is 14. The molecule has 1 aliphatic carbocycles. The molecule has 20 atom stereocenters. The van der Waals surface area contributed by atoms with Gasteiger partial charge in [-0.2, -0.15) is 0 Å². The Morgan fingerprint density at radius 3 is 2.41 bits per heavy atom. The number of aliphatic hydroxyl groups is 4. The molecule has 14 heteroatoms. The van der Waals surface area contributed by atoms with E-state index in [1.807, 2.05) is 26.0 Å². The Kier molecular flexibility index (Phi) is 14.8. The Balaban J connectivity index is 1.18. The van der Waals surface area contributed by atoms with E-state index in [9.17, 15) is 25.2 Å². The molecule has 6 heterocycles. The van der Waals surface area contributed by atoms with E-state index in [0.29, 0.717) is 55.1 Å². The summed E-state index contributed by atoms with van der Waals surface area (Å²) in [5.41, 5.74) is 0.152. The summed E-state index contributed by atoms with van der Waals surface area (Å²) in [6, 6.07) is 0. The van der Waals surface area contributed by atoms with Gasteiger partial charge in [-0.3, -0.25) is 4.79 Å². The van der Waals surface area contributed by atoms with Crippen LogP contribution in [0.15, 0.2) is 47.1 Å². The van der Waals surface area contributed by atoms with Crippen LogP contribution in [-0.4, -0.2) is 137 Å². The van der Waals surface area contributed by atoms with Crippen molar-refractivity contribution in [2.45, 2.75) is 204 Å². The molecular formula is C47H72O14. The molecule has 61 heavy (non-hydrogen) atoms. The molecule has 4 N–H and O–H groups in total. The number of hydrogen-bond donors (Lipinski definition) is 4. The number of methoxy groups -OCH3 is 1. The summed E-state index contributed by atoms with van der Waals surface area (Å²) in [7, 11) is 1.62. The van der Waals surface area contributed by atoms with Crippen molar-refractivity contribution in [3.63, 3.8) is 0 Å². The fourth-order valence-electron chi connectivity index (χ4n) is 10.7. The number of rotatable bonds is 7. The van der Waals surface area contributed by atoms with Crippen molar-refractivity contribution >= 4 is 5.97 Å². The summed E-state index contributed by atoms with van der Waals surface area (Å²) in [6.07, 6.45) is 4.90. The van der Waals surface area contributed by atoms with Crippen LogP contribution in [-0.2, 0) is 47.4 Å². The van der Waals surface area contributed by atoms with E-state index < -0.39 is 96.9 Å². The second-order valence-electron chi connectivity index (χ2n) is 19.1. The van der Waals surface area contributed by atoms with Crippen LogP contribution < -0.4 is 0 Å². The van der Waals surface area contributed by atoms with Crippen LogP contribution >= 0.6 is 0 Å². The highest BCUT2D eigenvalue weighted by molar-refractivity contribution is 5.78. The smallest absolute Gasteiger partial charge is 0.316 e. The zero-order chi connectivity index (χ0) is 44.0. The number of fused-ring (bicyclic) bond motifs is 2. The number of carbonyl (C=O) groups is 1. The molecule has 0 radical (unpaired) electrons. The molecule has 1 spiro atoms. The highest BCUT2D eigenvalue weighted by Crippen LogP contribution is 2.48. The van der Waals surface area contributed by atoms with Crippen LogP contribution in [0.5, 0.6) is 0 Å². The van der Waals surface area contributed by atoms with Crippen molar-refractivity contribution in [1.29, 1.82) is 0 Å². The fraction of sp³-hybridized carbons (Fsp3) is 0.809. The van der Waals surface area contributed by atoms with Crippen LogP contribution in [0.4, 0.5) is 0 Å². The van der Waals surface area contributed by atoms with Gasteiger partial charge in [0.2, 0.25) is 0 Å². The molecule has 5 fully saturated rings. The number of ether oxygens (including phenoxy) is 9. The maximum atomic E-state index is 14.3. The summed E-state index contributed by atoms with van der Waals surface area (Å²) < 4.78 is 57.9. The maximum absolute atomic E-state index is 14.3. The third kappa shape index (κ3) is 9.67. The van der Waals surface area contributed by atoms with E-state index in [4.69, 9.17) is 42.6 Å². The van der Waals surface area contributed by atoms with Crippen LogP contribution in [0.25, 0.3) is 0 Å². The molecule has 0 aromatic heterocycles. The second kappa shape index (κ2) is 19.2. The minimum Gasteiger partial charge on any atom is -0.462 e. The zero-order valence-corrected chi connectivity index (χ0v) is 37.5. The summed E-state index contributed by atoms with van der Waals surface area (Å²) in [5.74, 6) is -2.14. The monoisotopic (exact) mass is 860 g/mol. The first kappa shape index (κ1) is 46.9. The number of allylic oxidation sites excluding steroid dienone is 2. The van der Waals surface area contributed by atoms with Crippen molar-refractivity contribution in [3.8, 4) is 0 Å². The van der Waals surface area contributed by atoms with Gasteiger partial charge in [-0.1, -0.05) is 64.5 Å². The lowest BCUT2D eigenvalue weighted by molar-refractivity contribution is -0.340. The summed E-state index contributed by atoms with van der Waals surface area (Å²) >= 11 is 0. The highest BCUT2D eigenvalue weighted by atomic mass is 16.7. The molecule has 2 bridgehead atoms. The Morgan fingerprint density at radius 2 is 1.69 bits per heavy atom. The van der Waals surface area contributed by atoms with E-state index in [0.717, 1.165) is 18.4 Å². The SMILES string of the molecule is CCC(C)C1OC2(CCC1C)CC1CC(CC=C(C)C(OC3CC(OC)C(OC4CC(O)C(O)C(C)O4)C(C)O3)C(C)C=CC=C3COC4C(O)C(C)=CC(C(=O)O1)C34O)O2. The first-order valence-electron chi connectivity index (χ1n) is 22.8. The first-order valence-corrected chi connectivity index (χ1v) is 22.8. The minimum absolute atomic E-state index is 0.0123. The largest absolute Gasteiger partial charge is 0.462 e. The molecule has 6 aliphatic heterocycles. The van der Waals surface area contributed by atoms with E-state index in [-0.39, 0.29) is 31.2 Å². The predicted octanol–water partition coefficient (Wildman–Crippen LogP) is 4.95. The molecule has 7 rings (SSSR count). The van der Waals surface area contributed by atoms with Gasteiger partial charge in [0.25, 0.3) is 0 Å². The van der Waals surface area contributed by atoms with Gasteiger partial charge >= 0.3 is 5.97 Å². The third-order valence-corrected chi connectivity index (χ3v) is 14.7. The predicted molar refractivity (Wildman–Crippen MR) is 223 cm³/mol.